The molecule has 1 amide bonds. The van der Waals surface area contributed by atoms with E-state index in [2.05, 4.69) is 21.2 Å². The lowest BCUT2D eigenvalue weighted by molar-refractivity contribution is -0.122. The van der Waals surface area contributed by atoms with Crippen LogP contribution in [-0.4, -0.2) is 11.9 Å². The second kappa shape index (κ2) is 7.12. The van der Waals surface area contributed by atoms with Crippen molar-refractivity contribution in [3.8, 4) is 0 Å². The van der Waals surface area contributed by atoms with Gasteiger partial charge in [0.25, 0.3) is 0 Å². The number of carbonyl (C=O) groups excluding carboxylic acids is 1. The molecule has 0 bridgehead atoms. The molecule has 0 radical (unpaired) electrons. The molecule has 5 heteroatoms. The SMILES string of the molecule is CC(C)C[C@H](N)C(=O)NCc1ccc(Br)cc1Cl. The Hall–Kier alpha value is -0.580. The summed E-state index contributed by atoms with van der Waals surface area (Å²) in [6.07, 6.45) is 0.680. The van der Waals surface area contributed by atoms with Crippen molar-refractivity contribution >= 4 is 33.4 Å². The average molecular weight is 334 g/mol. The summed E-state index contributed by atoms with van der Waals surface area (Å²) in [5, 5.41) is 3.43. The zero-order chi connectivity index (χ0) is 13.7. The van der Waals surface area contributed by atoms with Crippen LogP contribution < -0.4 is 11.1 Å². The fraction of sp³-hybridized carbons (Fsp3) is 0.462. The summed E-state index contributed by atoms with van der Waals surface area (Å²) >= 11 is 9.40. The summed E-state index contributed by atoms with van der Waals surface area (Å²) < 4.78 is 0.916. The first-order valence-electron chi connectivity index (χ1n) is 5.87. The van der Waals surface area contributed by atoms with E-state index in [4.69, 9.17) is 17.3 Å². The Kier molecular flexibility index (Phi) is 6.12. The van der Waals surface area contributed by atoms with Crippen molar-refractivity contribution in [3.05, 3.63) is 33.3 Å². The van der Waals surface area contributed by atoms with Crippen molar-refractivity contribution in [2.24, 2.45) is 11.7 Å². The Balaban J connectivity index is 2.52. The van der Waals surface area contributed by atoms with E-state index in [-0.39, 0.29) is 5.91 Å². The minimum absolute atomic E-state index is 0.136. The van der Waals surface area contributed by atoms with Gasteiger partial charge in [-0.1, -0.05) is 47.4 Å². The highest BCUT2D eigenvalue weighted by molar-refractivity contribution is 9.10. The second-order valence-corrected chi connectivity index (χ2v) is 6.01. The highest BCUT2D eigenvalue weighted by Crippen LogP contribution is 2.21. The largest absolute Gasteiger partial charge is 0.351 e. The van der Waals surface area contributed by atoms with E-state index in [1.165, 1.54) is 0 Å². The third-order valence-corrected chi connectivity index (χ3v) is 3.38. The predicted octanol–water partition coefficient (Wildman–Crippen LogP) is 3.09. The molecule has 1 rings (SSSR count). The van der Waals surface area contributed by atoms with Gasteiger partial charge in [0.1, 0.15) is 0 Å². The third kappa shape index (κ3) is 4.96. The van der Waals surface area contributed by atoms with E-state index >= 15 is 0 Å². The Morgan fingerprint density at radius 2 is 2.17 bits per heavy atom. The molecule has 0 aliphatic heterocycles. The van der Waals surface area contributed by atoms with Crippen molar-refractivity contribution in [1.29, 1.82) is 0 Å². The van der Waals surface area contributed by atoms with Crippen LogP contribution in [0.3, 0.4) is 0 Å². The monoisotopic (exact) mass is 332 g/mol. The molecule has 0 saturated carbocycles. The molecule has 0 fully saturated rings. The Morgan fingerprint density at radius 3 is 2.72 bits per heavy atom. The molecule has 1 aromatic rings. The van der Waals surface area contributed by atoms with Gasteiger partial charge in [0.2, 0.25) is 5.91 Å². The summed E-state index contributed by atoms with van der Waals surface area (Å²) in [5.74, 6) is 0.268. The lowest BCUT2D eigenvalue weighted by atomic mass is 10.0. The molecule has 0 heterocycles. The average Bonchev–Trinajstić information content (AvgIpc) is 2.26. The van der Waals surface area contributed by atoms with Gasteiger partial charge < -0.3 is 11.1 Å². The highest BCUT2D eigenvalue weighted by atomic mass is 79.9. The Morgan fingerprint density at radius 1 is 1.50 bits per heavy atom. The van der Waals surface area contributed by atoms with Crippen LogP contribution >= 0.6 is 27.5 Å². The quantitative estimate of drug-likeness (QED) is 0.870. The second-order valence-electron chi connectivity index (χ2n) is 4.69. The van der Waals surface area contributed by atoms with Crippen LogP contribution in [0.4, 0.5) is 0 Å². The summed E-state index contributed by atoms with van der Waals surface area (Å²) in [6.45, 7) is 4.48. The molecule has 1 aromatic carbocycles. The van der Waals surface area contributed by atoms with Gasteiger partial charge in [0.15, 0.2) is 0 Å². The molecule has 0 unspecified atom stereocenters. The Bertz CT molecular complexity index is 423. The maximum atomic E-state index is 11.7. The molecular formula is C13H18BrClN2O. The van der Waals surface area contributed by atoms with Crippen molar-refractivity contribution in [2.75, 3.05) is 0 Å². The van der Waals surface area contributed by atoms with E-state index in [1.54, 1.807) is 6.07 Å². The zero-order valence-corrected chi connectivity index (χ0v) is 12.9. The fourth-order valence-corrected chi connectivity index (χ4v) is 2.33. The Labute approximate surface area is 121 Å². The number of benzene rings is 1. The summed E-state index contributed by atoms with van der Waals surface area (Å²) in [7, 11) is 0. The first-order chi connectivity index (χ1) is 8.40. The van der Waals surface area contributed by atoms with Crippen LogP contribution in [0, 0.1) is 5.92 Å². The van der Waals surface area contributed by atoms with Gasteiger partial charge in [-0.2, -0.15) is 0 Å². The van der Waals surface area contributed by atoms with Crippen LogP contribution in [0.5, 0.6) is 0 Å². The van der Waals surface area contributed by atoms with Gasteiger partial charge in [-0.3, -0.25) is 4.79 Å². The molecule has 0 aliphatic rings. The normalized spacial score (nSPS) is 12.6. The van der Waals surface area contributed by atoms with Gasteiger partial charge in [0.05, 0.1) is 6.04 Å². The van der Waals surface area contributed by atoms with Gasteiger partial charge >= 0.3 is 0 Å². The van der Waals surface area contributed by atoms with E-state index in [0.29, 0.717) is 23.9 Å². The van der Waals surface area contributed by atoms with Gasteiger partial charge in [-0.05, 0) is 30.0 Å². The van der Waals surface area contributed by atoms with Crippen LogP contribution in [0.15, 0.2) is 22.7 Å². The number of nitrogens with one attached hydrogen (secondary N) is 1. The van der Waals surface area contributed by atoms with E-state index in [9.17, 15) is 4.79 Å². The number of hydrogen-bond donors (Lipinski definition) is 2. The van der Waals surface area contributed by atoms with Gasteiger partial charge in [-0.25, -0.2) is 0 Å². The molecule has 18 heavy (non-hydrogen) atoms. The lowest BCUT2D eigenvalue weighted by Crippen LogP contribution is -2.41. The van der Waals surface area contributed by atoms with Crippen LogP contribution in [0.2, 0.25) is 5.02 Å². The number of amides is 1. The van der Waals surface area contributed by atoms with Gasteiger partial charge in [-0.15, -0.1) is 0 Å². The third-order valence-electron chi connectivity index (χ3n) is 2.53. The van der Waals surface area contributed by atoms with Crippen molar-refractivity contribution in [1.82, 2.24) is 5.32 Å². The first kappa shape index (κ1) is 15.5. The molecule has 1 atom stereocenters. The molecule has 0 aliphatic carbocycles. The molecule has 100 valence electrons. The smallest absolute Gasteiger partial charge is 0.237 e. The first-order valence-corrected chi connectivity index (χ1v) is 7.04. The number of carbonyl (C=O) groups is 1. The molecule has 3 N–H and O–H groups in total. The number of hydrogen-bond acceptors (Lipinski definition) is 2. The molecule has 0 spiro atoms. The van der Waals surface area contributed by atoms with Crippen LogP contribution in [0.25, 0.3) is 0 Å². The minimum Gasteiger partial charge on any atom is -0.351 e. The van der Waals surface area contributed by atoms with Crippen molar-refractivity contribution < 1.29 is 4.79 Å². The maximum absolute atomic E-state index is 11.7. The summed E-state index contributed by atoms with van der Waals surface area (Å²) in [4.78, 5) is 11.7. The zero-order valence-electron chi connectivity index (χ0n) is 10.5. The molecular weight excluding hydrogens is 316 g/mol. The molecule has 3 nitrogen and oxygen atoms in total. The van der Waals surface area contributed by atoms with Crippen molar-refractivity contribution in [3.63, 3.8) is 0 Å². The number of halogens is 2. The fourth-order valence-electron chi connectivity index (χ4n) is 1.59. The lowest BCUT2D eigenvalue weighted by Gasteiger charge is -2.14. The maximum Gasteiger partial charge on any atom is 0.237 e. The molecule has 0 aromatic heterocycles. The molecule has 0 saturated heterocycles. The van der Waals surface area contributed by atoms with E-state index < -0.39 is 6.04 Å². The van der Waals surface area contributed by atoms with Crippen molar-refractivity contribution in [2.45, 2.75) is 32.9 Å². The van der Waals surface area contributed by atoms with E-state index in [0.717, 1.165) is 10.0 Å². The van der Waals surface area contributed by atoms with E-state index in [1.807, 2.05) is 26.0 Å². The predicted molar refractivity (Wildman–Crippen MR) is 78.4 cm³/mol. The van der Waals surface area contributed by atoms with Crippen LogP contribution in [-0.2, 0) is 11.3 Å². The summed E-state index contributed by atoms with van der Waals surface area (Å²) in [6, 6.07) is 5.11. The standard InChI is InChI=1S/C13H18BrClN2O/c1-8(2)5-12(16)13(18)17-7-9-3-4-10(14)6-11(9)15/h3-4,6,8,12H,5,7,16H2,1-2H3,(H,17,18)/t12-/m0/s1. The topological polar surface area (TPSA) is 55.1 Å². The minimum atomic E-state index is -0.459. The number of rotatable bonds is 5. The summed E-state index contributed by atoms with van der Waals surface area (Å²) in [5.41, 5.74) is 6.67. The number of nitrogens with two attached hydrogens (primary N) is 1. The highest BCUT2D eigenvalue weighted by Gasteiger charge is 2.14. The van der Waals surface area contributed by atoms with Gasteiger partial charge in [0, 0.05) is 16.0 Å². The van der Waals surface area contributed by atoms with Crippen LogP contribution in [0.1, 0.15) is 25.8 Å².